The molecule has 30 atom stereocenters. The summed E-state index contributed by atoms with van der Waals surface area (Å²) < 4.78 is 177. The minimum Gasteiger partial charge on any atom is -0.453 e. The molecule has 15 unspecified atom stereocenters. The van der Waals surface area contributed by atoms with Crippen LogP contribution in [0.15, 0.2) is 376 Å². The predicted octanol–water partition coefficient (Wildman–Crippen LogP) is 18.1. The van der Waals surface area contributed by atoms with Crippen molar-refractivity contribution < 1.29 is 142 Å². The molecule has 0 aromatic heterocycles. The van der Waals surface area contributed by atoms with Crippen molar-refractivity contribution in [2.45, 2.75) is 206 Å². The Balaban J connectivity index is 0.000000986. The number of carbonyl (C=O) groups excluding carboxylic acids is 5. The summed E-state index contributed by atoms with van der Waals surface area (Å²) in [7, 11) is 0. The number of fused-ring (bicyclic) bond motifs is 6. The molecule has 0 bridgehead atoms. The van der Waals surface area contributed by atoms with E-state index in [-0.39, 0.29) is 67.5 Å². The minimum atomic E-state index is -1.96. The van der Waals surface area contributed by atoms with Gasteiger partial charge in [0.15, 0.2) is 93.4 Å². The van der Waals surface area contributed by atoms with Gasteiger partial charge in [-0.1, -0.05) is 329 Å². The third-order valence-corrected chi connectivity index (χ3v) is 28.1. The second-order valence-electron chi connectivity index (χ2n) is 37.9. The summed E-state index contributed by atoms with van der Waals surface area (Å²) in [6, 6.07) is 112. The molecular weight excluding hydrogens is 1920 g/mol. The number of carbonyl (C=O) groups is 5. The number of ether oxygens (including phenoxy) is 25. The summed E-state index contributed by atoms with van der Waals surface area (Å²) in [5.41, 5.74) is 5.82. The molecule has 30 nitrogen and oxygen atoms in total. The van der Waals surface area contributed by atoms with Gasteiger partial charge in [0.05, 0.1) is 73.6 Å². The largest absolute Gasteiger partial charge is 0.453 e. The molecule has 0 radical (unpaired) electrons. The molecule has 0 amide bonds. The maximum absolute atomic E-state index is 16.0. The van der Waals surface area contributed by atoms with E-state index in [2.05, 4.69) is 49.4 Å². The summed E-state index contributed by atoms with van der Waals surface area (Å²) in [5, 5.41) is 2.67. The van der Waals surface area contributed by atoms with Crippen LogP contribution in [0.1, 0.15) is 136 Å². The van der Waals surface area contributed by atoms with Gasteiger partial charge in [0.25, 0.3) is 0 Å². The maximum atomic E-state index is 16.0. The molecular formula is C120H112O30. The highest BCUT2D eigenvalue weighted by Crippen LogP contribution is 2.49. The summed E-state index contributed by atoms with van der Waals surface area (Å²) in [6.07, 6.45) is -40.0. The summed E-state index contributed by atoms with van der Waals surface area (Å²) in [6.45, 7) is 3.05. The molecule has 10 aliphatic heterocycles. The molecule has 13 aromatic rings. The molecule has 10 fully saturated rings. The Morgan fingerprint density at radius 1 is 0.233 bits per heavy atom. The fourth-order valence-corrected chi connectivity index (χ4v) is 20.4. The van der Waals surface area contributed by atoms with Gasteiger partial charge in [-0.25, -0.2) is 24.0 Å². The first-order chi connectivity index (χ1) is 73.8. The molecule has 30 heteroatoms. The summed E-state index contributed by atoms with van der Waals surface area (Å²) in [5.74, 6) is -5.01. The Kier molecular flexibility index (Phi) is 32.0. The number of hydrogen-bond acceptors (Lipinski definition) is 30. The zero-order valence-corrected chi connectivity index (χ0v) is 81.8. The van der Waals surface area contributed by atoms with E-state index in [1.165, 1.54) is 16.3 Å². The van der Waals surface area contributed by atoms with Gasteiger partial charge in [-0.15, -0.1) is 0 Å². The fraction of sp³-hybridized carbons (Fsp3) is 0.325. The third kappa shape index (κ3) is 23.1. The maximum Gasteiger partial charge on any atom is 0.338 e. The monoisotopic (exact) mass is 2030 g/mol. The van der Waals surface area contributed by atoms with Crippen LogP contribution in [0, 0.1) is 5.92 Å². The highest BCUT2D eigenvalue weighted by atomic mass is 16.8. The van der Waals surface area contributed by atoms with Gasteiger partial charge >= 0.3 is 29.8 Å². The van der Waals surface area contributed by atoms with Crippen molar-refractivity contribution >= 4 is 40.6 Å². The van der Waals surface area contributed by atoms with Crippen LogP contribution in [0.3, 0.4) is 0 Å². The number of benzene rings is 13. The normalized spacial score (nSPS) is 31.3. The molecule has 772 valence electrons. The molecule has 0 aliphatic carbocycles. The van der Waals surface area contributed by atoms with Gasteiger partial charge in [0.1, 0.15) is 79.4 Å². The van der Waals surface area contributed by atoms with Crippen molar-refractivity contribution in [3.05, 3.63) is 443 Å². The van der Waals surface area contributed by atoms with Crippen molar-refractivity contribution in [2.75, 3.05) is 33.0 Å². The molecule has 10 aliphatic rings. The standard InChI is InChI=1S/C108H100O30.C12H12/c1-63-80-75(58-115-99(130-80)70-47-25-8-26-48-70)121-105(81(63)125-94(109)65-37-15-3-16-38-65)135-87-83-77(60-117-101(132-83)72-51-29-10-30-52-72)123-107(91(87)127-96(111)67-41-19-5-20-42-67)137-89-85-79(62-119-103(134-85)74-55-33-12-34-56-74)124-108(93(89)129-98(113)69-45-23-7-24-46-69)138-88-84-78(61-118-102(133-84)73-53-31-11-32-54-73)122-106(92(88)128-97(112)68-43-21-6-22-44-68)136-86-82-76(59-116-100(131-82)71-49-27-9-28-50-71)120-104(114-57-64-35-13-2-14-36-64)90(86)126-95(110)66-39-17-4-18-40-66;1-2-10-7-8-11-5-3-4-6-12(11)9-10/h2-56,63,75-93,99-108H,57-62H2,1H3;3-9H,2H2,1H3/t63-,75?,76?,77?,78?,79?,80-,81?,82+,83+,84+,85+,86-,87-,88-,89-,90?,91?,92?,93?,99?,100?,101?,102?,103?,104+,105-,106-,107-,108-;/m0./s1. The molecule has 10 saturated heterocycles. The Hall–Kier alpha value is -13.3. The lowest BCUT2D eigenvalue weighted by molar-refractivity contribution is -0.431. The average molecular weight is 2030 g/mol. The Labute approximate surface area is 865 Å². The second-order valence-corrected chi connectivity index (χ2v) is 37.9. The van der Waals surface area contributed by atoms with Gasteiger partial charge in [-0.2, -0.15) is 0 Å². The van der Waals surface area contributed by atoms with E-state index in [1.54, 1.807) is 152 Å². The zero-order chi connectivity index (χ0) is 102. The fourth-order valence-electron chi connectivity index (χ4n) is 20.4. The molecule has 150 heavy (non-hydrogen) atoms. The molecule has 10 heterocycles. The van der Waals surface area contributed by atoms with Gasteiger partial charge in [-0.3, -0.25) is 0 Å². The lowest BCUT2D eigenvalue weighted by Gasteiger charge is -2.54. The van der Waals surface area contributed by atoms with Crippen molar-refractivity contribution in [3.63, 3.8) is 0 Å². The number of hydrogen-bond donors (Lipinski definition) is 0. The third-order valence-electron chi connectivity index (χ3n) is 28.1. The molecule has 13 aromatic carbocycles. The van der Waals surface area contributed by atoms with Crippen molar-refractivity contribution in [1.82, 2.24) is 0 Å². The van der Waals surface area contributed by atoms with E-state index in [1.807, 2.05) is 189 Å². The second kappa shape index (κ2) is 47.5. The minimum absolute atomic E-state index is 0.0272. The summed E-state index contributed by atoms with van der Waals surface area (Å²) >= 11 is 0. The first-order valence-corrected chi connectivity index (χ1v) is 50.7. The number of esters is 5. The zero-order valence-electron chi connectivity index (χ0n) is 81.8. The van der Waals surface area contributed by atoms with Crippen LogP contribution in [0.25, 0.3) is 10.8 Å². The van der Waals surface area contributed by atoms with E-state index in [9.17, 15) is 4.79 Å². The Bertz CT molecular complexity index is 6590. The van der Waals surface area contributed by atoms with E-state index in [4.69, 9.17) is 118 Å². The Morgan fingerprint density at radius 3 is 0.760 bits per heavy atom. The van der Waals surface area contributed by atoms with Crippen LogP contribution in [0.5, 0.6) is 0 Å². The Morgan fingerprint density at radius 2 is 0.467 bits per heavy atom. The van der Waals surface area contributed by atoms with Gasteiger partial charge < -0.3 is 118 Å². The van der Waals surface area contributed by atoms with Gasteiger partial charge in [0.2, 0.25) is 0 Å². The highest BCUT2D eigenvalue weighted by molar-refractivity contribution is 5.92. The van der Waals surface area contributed by atoms with E-state index >= 15 is 19.2 Å². The predicted molar refractivity (Wildman–Crippen MR) is 535 cm³/mol. The van der Waals surface area contributed by atoms with Crippen LogP contribution in [-0.4, -0.2) is 210 Å². The molecule has 0 spiro atoms. The molecule has 23 rings (SSSR count). The van der Waals surface area contributed by atoms with Crippen LogP contribution in [0.4, 0.5) is 0 Å². The summed E-state index contributed by atoms with van der Waals surface area (Å²) in [4.78, 5) is 77.5. The first kappa shape index (κ1) is 101. The van der Waals surface area contributed by atoms with Crippen LogP contribution < -0.4 is 0 Å². The first-order valence-electron chi connectivity index (χ1n) is 50.7. The lowest BCUT2D eigenvalue weighted by Crippen LogP contribution is -2.71. The van der Waals surface area contributed by atoms with Crippen LogP contribution in [-0.2, 0) is 131 Å². The van der Waals surface area contributed by atoms with Crippen LogP contribution >= 0.6 is 0 Å². The topological polar surface area (TPSA) is 316 Å². The van der Waals surface area contributed by atoms with Gasteiger partial charge in [-0.05, 0) is 89.0 Å². The highest BCUT2D eigenvalue weighted by Gasteiger charge is 2.65. The molecule has 0 N–H and O–H groups in total. The SMILES string of the molecule is CCc1ccc2ccccc2c1.C[C@@H]1C(OC(=O)c2ccccc2)[C@H](O[C@@H]2C(OC(=O)c3ccccc3)[C@H](O[C@@H]3C(OC(=O)c4ccccc4)[C@H](O[C@@H]4C(OC(=O)c5ccccc5)[C@H](O[C@@H]5C(OC(=O)c6ccccc6)[C@H](OCc6ccccc6)OC6COC(c7ccccc7)O[C@H]65)OC5COC(c6ccccc6)O[C@H]54)OC4COC(c5ccccc5)O[C@H]43)OC3COC(c4ccccc4)O[C@H]32)OC2COC(c3ccccc3)O[C@H]21. The van der Waals surface area contributed by atoms with E-state index in [0.717, 1.165) is 17.5 Å². The smallest absolute Gasteiger partial charge is 0.338 e. The lowest BCUT2D eigenvalue weighted by atomic mass is 9.89. The number of rotatable bonds is 27. The quantitative estimate of drug-likeness (QED) is 0.0341. The van der Waals surface area contributed by atoms with E-state index in [0.29, 0.717) is 22.3 Å². The van der Waals surface area contributed by atoms with Crippen LogP contribution in [0.2, 0.25) is 0 Å². The average Bonchev–Trinajstić information content (AvgIpc) is 0.737. The van der Waals surface area contributed by atoms with Crippen molar-refractivity contribution in [2.24, 2.45) is 5.92 Å². The van der Waals surface area contributed by atoms with E-state index < -0.39 is 215 Å². The van der Waals surface area contributed by atoms with Gasteiger partial charge in [0, 0.05) is 33.7 Å². The van der Waals surface area contributed by atoms with Crippen molar-refractivity contribution in [1.29, 1.82) is 0 Å². The number of aryl methyl sites for hydroxylation is 1. The molecule has 0 saturated carbocycles. The van der Waals surface area contributed by atoms with Crippen molar-refractivity contribution in [3.8, 4) is 0 Å².